The number of pyridine rings is 1. The minimum Gasteiger partial charge on any atom is -0.378 e. The number of alkyl halides is 2. The minimum absolute atomic E-state index is 0.115. The molecular formula is C27H39F2N3O3. The lowest BCUT2D eigenvalue weighted by Gasteiger charge is -2.30. The zero-order chi connectivity index (χ0) is 25.6. The van der Waals surface area contributed by atoms with Crippen LogP contribution in [0.4, 0.5) is 8.78 Å². The first-order valence-corrected chi connectivity index (χ1v) is 12.6. The zero-order valence-corrected chi connectivity index (χ0v) is 21.0. The van der Waals surface area contributed by atoms with E-state index in [1.165, 1.54) is 17.8 Å². The van der Waals surface area contributed by atoms with Gasteiger partial charge in [0.15, 0.2) is 5.03 Å². The summed E-state index contributed by atoms with van der Waals surface area (Å²) in [4.78, 5) is 14.3. The fourth-order valence-corrected chi connectivity index (χ4v) is 4.34. The third kappa shape index (κ3) is 10.7. The van der Waals surface area contributed by atoms with Crippen molar-refractivity contribution in [2.24, 2.45) is 5.92 Å². The number of nitrogens with one attached hydrogen (secondary N) is 1. The van der Waals surface area contributed by atoms with E-state index in [-0.39, 0.29) is 17.7 Å². The first-order valence-electron chi connectivity index (χ1n) is 12.6. The monoisotopic (exact) mass is 491 g/mol. The normalized spacial score (nSPS) is 19.4. The molecule has 2 atom stereocenters. The molecule has 1 aromatic heterocycles. The summed E-state index contributed by atoms with van der Waals surface area (Å²) in [5, 5.41) is 10.4. The van der Waals surface area contributed by atoms with Crippen molar-refractivity contribution in [1.29, 1.82) is 0 Å². The number of hydrogen-bond donors (Lipinski definition) is 1. The quantitative estimate of drug-likeness (QED) is 0.270. The van der Waals surface area contributed by atoms with Crippen molar-refractivity contribution >= 4 is 0 Å². The highest BCUT2D eigenvalue weighted by atomic mass is 19.3. The minimum atomic E-state index is -2.46. The molecule has 1 aliphatic carbocycles. The molecule has 8 heteroatoms. The van der Waals surface area contributed by atoms with Gasteiger partial charge in [-0.05, 0) is 62.1 Å². The van der Waals surface area contributed by atoms with E-state index in [0.29, 0.717) is 18.6 Å². The summed E-state index contributed by atoms with van der Waals surface area (Å²) in [5.41, 5.74) is 4.64. The van der Waals surface area contributed by atoms with Crippen molar-refractivity contribution in [2.75, 3.05) is 6.61 Å². The predicted molar refractivity (Wildman–Crippen MR) is 134 cm³/mol. The third-order valence-corrected chi connectivity index (χ3v) is 6.52. The Balaban J connectivity index is 0.000000360. The van der Waals surface area contributed by atoms with E-state index in [4.69, 9.17) is 4.74 Å². The second-order valence-electron chi connectivity index (χ2n) is 9.39. The second-order valence-corrected chi connectivity index (χ2v) is 9.39. The Morgan fingerprint density at radius 3 is 2.37 bits per heavy atom. The van der Waals surface area contributed by atoms with Crippen molar-refractivity contribution in [1.82, 2.24) is 10.4 Å². The maximum absolute atomic E-state index is 11.8. The van der Waals surface area contributed by atoms with Gasteiger partial charge in [0.05, 0.1) is 18.8 Å². The number of aryl methyl sites for hydroxylation is 1. The van der Waals surface area contributed by atoms with Crippen molar-refractivity contribution < 1.29 is 18.6 Å². The molecule has 1 N–H and O–H groups in total. The van der Waals surface area contributed by atoms with E-state index in [1.807, 2.05) is 13.8 Å². The van der Waals surface area contributed by atoms with Crippen molar-refractivity contribution in [3.8, 4) is 0 Å². The van der Waals surface area contributed by atoms with Crippen LogP contribution in [0.3, 0.4) is 0 Å². The smallest absolute Gasteiger partial charge is 0.280 e. The molecule has 35 heavy (non-hydrogen) atoms. The number of nitrogens with zero attached hydrogens (tertiary/aromatic N) is 2. The molecule has 2 unspecified atom stereocenters. The topological polar surface area (TPSA) is 77.3 Å². The molecule has 0 spiro atoms. The lowest BCUT2D eigenvalue weighted by Crippen LogP contribution is -2.41. The maximum atomic E-state index is 11.8. The highest BCUT2D eigenvalue weighted by Gasteiger charge is 2.26. The van der Waals surface area contributed by atoms with Crippen LogP contribution >= 0.6 is 0 Å². The Hall–Kier alpha value is -2.61. The molecule has 194 valence electrons. The van der Waals surface area contributed by atoms with E-state index < -0.39 is 11.5 Å². The molecule has 2 aromatic rings. The van der Waals surface area contributed by atoms with Gasteiger partial charge in [-0.25, -0.2) is 18.9 Å². The summed E-state index contributed by atoms with van der Waals surface area (Å²) in [6, 6.07) is 13.6. The van der Waals surface area contributed by atoms with Crippen LogP contribution in [0.25, 0.3) is 0 Å². The van der Waals surface area contributed by atoms with Crippen LogP contribution in [0.5, 0.6) is 0 Å². The maximum Gasteiger partial charge on any atom is 0.280 e. The number of halogens is 2. The molecule has 0 aliphatic heterocycles. The summed E-state index contributed by atoms with van der Waals surface area (Å²) < 4.78 is 29.8. The summed E-state index contributed by atoms with van der Waals surface area (Å²) in [5.74, 6) is 0.788. The van der Waals surface area contributed by atoms with Crippen LogP contribution in [0, 0.1) is 23.0 Å². The molecule has 1 fully saturated rings. The van der Waals surface area contributed by atoms with Crippen molar-refractivity contribution in [3.05, 3.63) is 75.6 Å². The first-order chi connectivity index (χ1) is 16.8. The zero-order valence-electron chi connectivity index (χ0n) is 21.0. The van der Waals surface area contributed by atoms with Crippen LogP contribution < -0.4 is 5.43 Å². The van der Waals surface area contributed by atoms with Gasteiger partial charge in [0.1, 0.15) is 5.69 Å². The average molecular weight is 492 g/mol. The largest absolute Gasteiger partial charge is 0.378 e. The number of nitro groups is 1. The van der Waals surface area contributed by atoms with Crippen LogP contribution in [-0.2, 0) is 4.74 Å². The summed E-state index contributed by atoms with van der Waals surface area (Å²) >= 11 is 0. The molecule has 6 nitrogen and oxygen atoms in total. The Bertz CT molecular complexity index is 845. The number of aromatic nitrogens is 1. The van der Waals surface area contributed by atoms with Crippen LogP contribution in [0.1, 0.15) is 88.0 Å². The molecule has 0 saturated heterocycles. The molecular weight excluding hydrogens is 452 g/mol. The van der Waals surface area contributed by atoms with Gasteiger partial charge in [0.2, 0.25) is 0 Å². The number of benzene rings is 1. The number of ether oxygens (including phenoxy) is 1. The number of hydrogen-bond acceptors (Lipinski definition) is 4. The molecule has 0 amide bonds. The lowest BCUT2D eigenvalue weighted by molar-refractivity contribution is -0.553. The Kier molecular flexibility index (Phi) is 12.6. The van der Waals surface area contributed by atoms with Crippen molar-refractivity contribution in [3.63, 3.8) is 0 Å². The van der Waals surface area contributed by atoms with E-state index in [9.17, 15) is 18.9 Å². The fourth-order valence-electron chi connectivity index (χ4n) is 4.34. The first kappa shape index (κ1) is 28.6. The molecule has 0 bridgehead atoms. The SMILES string of the molecule is CCCCC(N[N+](=O)[O-])C(C)COC1CCC(c2ccccc2)CC1.Cc1ccc(C(F)F)nc1. The van der Waals surface area contributed by atoms with Crippen LogP contribution in [-0.4, -0.2) is 28.8 Å². The van der Waals surface area contributed by atoms with Crippen LogP contribution in [0.2, 0.25) is 0 Å². The van der Waals surface area contributed by atoms with Gasteiger partial charge in [-0.2, -0.15) is 0 Å². The van der Waals surface area contributed by atoms with Gasteiger partial charge >= 0.3 is 0 Å². The van der Waals surface area contributed by atoms with Gasteiger partial charge in [0.25, 0.3) is 6.43 Å². The van der Waals surface area contributed by atoms with Gasteiger partial charge in [-0.3, -0.25) is 4.98 Å². The molecule has 1 aliphatic rings. The average Bonchev–Trinajstić information content (AvgIpc) is 2.86. The van der Waals surface area contributed by atoms with Gasteiger partial charge in [-0.15, -0.1) is 5.43 Å². The summed E-state index contributed by atoms with van der Waals surface area (Å²) in [6.45, 7) is 6.56. The standard InChI is InChI=1S/C20H32N2O3.C7H7F2N/c1-3-4-10-20(21-22(23)24)16(2)15-25-19-13-11-18(12-14-19)17-8-6-5-7-9-17;1-5-2-3-6(7(8)9)10-4-5/h5-9,16,18-21H,3-4,10-15H2,1-2H3;2-4,7H,1H3. The van der Waals surface area contributed by atoms with E-state index in [2.05, 4.69) is 47.7 Å². The number of hydrazine groups is 1. The Morgan fingerprint density at radius 1 is 1.14 bits per heavy atom. The number of rotatable bonds is 11. The Labute approximate surface area is 207 Å². The fraction of sp³-hybridized carbons (Fsp3) is 0.593. The van der Waals surface area contributed by atoms with E-state index in [0.717, 1.165) is 50.5 Å². The third-order valence-electron chi connectivity index (χ3n) is 6.52. The molecule has 1 heterocycles. The van der Waals surface area contributed by atoms with Gasteiger partial charge < -0.3 is 4.74 Å². The summed E-state index contributed by atoms with van der Waals surface area (Å²) in [7, 11) is 0. The second kappa shape index (κ2) is 15.4. The van der Waals surface area contributed by atoms with Crippen molar-refractivity contribution in [2.45, 2.75) is 90.2 Å². The molecule has 1 saturated carbocycles. The molecule has 3 rings (SSSR count). The van der Waals surface area contributed by atoms with E-state index in [1.54, 1.807) is 6.07 Å². The molecule has 0 radical (unpaired) electrons. The highest BCUT2D eigenvalue weighted by molar-refractivity contribution is 5.20. The van der Waals surface area contributed by atoms with Crippen LogP contribution in [0.15, 0.2) is 48.7 Å². The summed E-state index contributed by atoms with van der Waals surface area (Å²) in [6.07, 6.45) is 6.62. The van der Waals surface area contributed by atoms with Gasteiger partial charge in [0, 0.05) is 12.1 Å². The van der Waals surface area contributed by atoms with Gasteiger partial charge in [-0.1, -0.05) is 63.1 Å². The lowest BCUT2D eigenvalue weighted by atomic mass is 9.83. The highest BCUT2D eigenvalue weighted by Crippen LogP contribution is 2.34. The predicted octanol–water partition coefficient (Wildman–Crippen LogP) is 7.03. The number of unbranched alkanes of at least 4 members (excludes halogenated alkanes) is 1. The van der Waals surface area contributed by atoms with E-state index >= 15 is 0 Å². The Morgan fingerprint density at radius 2 is 1.83 bits per heavy atom. The molecule has 1 aromatic carbocycles.